The molecule has 0 unspecified atom stereocenters. The lowest BCUT2D eigenvalue weighted by Gasteiger charge is -2.12. The van der Waals surface area contributed by atoms with E-state index < -0.39 is 0 Å². The van der Waals surface area contributed by atoms with E-state index in [1.807, 2.05) is 0 Å². The molecule has 2 aromatic rings. The van der Waals surface area contributed by atoms with Gasteiger partial charge >= 0.3 is 0 Å². The van der Waals surface area contributed by atoms with Gasteiger partial charge in [-0.15, -0.1) is 6.58 Å². The molecule has 6 nitrogen and oxygen atoms in total. The molecule has 0 saturated carbocycles. The van der Waals surface area contributed by atoms with Crippen LogP contribution in [0.3, 0.4) is 0 Å². The number of amides is 2. The van der Waals surface area contributed by atoms with E-state index in [4.69, 9.17) is 33.3 Å². The minimum absolute atomic E-state index is 0.163. The topological polar surface area (TPSA) is 67.9 Å². The fraction of sp³-hybridized carbons (Fsp3) is 0.136. The van der Waals surface area contributed by atoms with Crippen LogP contribution in [-0.4, -0.2) is 41.3 Å². The second-order valence-electron chi connectivity index (χ2n) is 6.46. The predicted octanol–water partition coefficient (Wildman–Crippen LogP) is 5.52. The molecule has 1 fully saturated rings. The summed E-state index contributed by atoms with van der Waals surface area (Å²) in [4.78, 5) is 26.7. The minimum atomic E-state index is -0.347. The van der Waals surface area contributed by atoms with Crippen molar-refractivity contribution >= 4 is 79.4 Å². The van der Waals surface area contributed by atoms with Gasteiger partial charge in [-0.3, -0.25) is 14.5 Å². The number of nitrogens with one attached hydrogen (secondary N) is 1. The van der Waals surface area contributed by atoms with Crippen molar-refractivity contribution < 1.29 is 19.1 Å². The van der Waals surface area contributed by atoms with E-state index in [2.05, 4.69) is 27.8 Å². The highest BCUT2D eigenvalue weighted by Crippen LogP contribution is 2.34. The van der Waals surface area contributed by atoms with E-state index >= 15 is 0 Å². The summed E-state index contributed by atoms with van der Waals surface area (Å²) in [6.07, 6.45) is 3.36. The Hall–Kier alpha value is -2.33. The Kier molecular flexibility index (Phi) is 8.36. The molecule has 2 aromatic carbocycles. The standard InChI is InChI=1S/C22H18BrClN2O4S2/c1-3-8-26-21(28)19(32-22(26)31)10-13-4-7-17(18(9-13)29-2)30-12-20(27)25-14-5-6-15(23)16(24)11-14/h3-7,9-11H,1,8,12H2,2H3,(H,25,27)/b19-10-. The van der Waals surface area contributed by atoms with Crippen LogP contribution in [0.15, 0.2) is 58.4 Å². The average molecular weight is 554 g/mol. The normalized spacial score (nSPS) is 14.6. The predicted molar refractivity (Wildman–Crippen MR) is 136 cm³/mol. The minimum Gasteiger partial charge on any atom is -0.493 e. The van der Waals surface area contributed by atoms with Crippen molar-refractivity contribution in [2.24, 2.45) is 0 Å². The third-order valence-corrected chi connectivity index (χ3v) is 6.84. The molecule has 0 aliphatic carbocycles. The second kappa shape index (κ2) is 11.0. The first-order valence-corrected chi connectivity index (χ1v) is 11.6. The van der Waals surface area contributed by atoms with Crippen molar-refractivity contribution in [1.29, 1.82) is 0 Å². The molecule has 3 rings (SSSR count). The van der Waals surface area contributed by atoms with E-state index in [9.17, 15) is 9.59 Å². The molecule has 0 radical (unpaired) electrons. The van der Waals surface area contributed by atoms with Crippen molar-refractivity contribution in [3.8, 4) is 11.5 Å². The number of thiocarbonyl (C=S) groups is 1. The highest BCUT2D eigenvalue weighted by Gasteiger charge is 2.31. The molecule has 2 amide bonds. The highest BCUT2D eigenvalue weighted by atomic mass is 79.9. The van der Waals surface area contributed by atoms with Crippen LogP contribution in [0.2, 0.25) is 5.02 Å². The summed E-state index contributed by atoms with van der Waals surface area (Å²) in [7, 11) is 1.50. The van der Waals surface area contributed by atoms with Gasteiger partial charge in [0.1, 0.15) is 4.32 Å². The van der Waals surface area contributed by atoms with Crippen molar-refractivity contribution in [2.75, 3.05) is 25.6 Å². The van der Waals surface area contributed by atoms with Crippen LogP contribution in [0.4, 0.5) is 5.69 Å². The highest BCUT2D eigenvalue weighted by molar-refractivity contribution is 9.10. The number of ether oxygens (including phenoxy) is 2. The van der Waals surface area contributed by atoms with E-state index in [0.717, 1.165) is 10.0 Å². The van der Waals surface area contributed by atoms with Crippen LogP contribution in [0, 0.1) is 0 Å². The number of carbonyl (C=O) groups excluding carboxylic acids is 2. The summed E-state index contributed by atoms with van der Waals surface area (Å²) < 4.78 is 12.2. The summed E-state index contributed by atoms with van der Waals surface area (Å²) in [6.45, 7) is 3.80. The first-order chi connectivity index (χ1) is 15.3. The number of hydrogen-bond acceptors (Lipinski definition) is 6. The Morgan fingerprint density at radius 1 is 1.31 bits per heavy atom. The van der Waals surface area contributed by atoms with Gasteiger partial charge in [-0.2, -0.15) is 0 Å². The third kappa shape index (κ3) is 5.92. The number of benzene rings is 2. The maximum Gasteiger partial charge on any atom is 0.266 e. The molecule has 10 heteroatoms. The summed E-state index contributed by atoms with van der Waals surface area (Å²) in [5, 5.41) is 3.21. The van der Waals surface area contributed by atoms with Crippen molar-refractivity contribution in [1.82, 2.24) is 4.90 Å². The maximum atomic E-state index is 12.5. The molecular weight excluding hydrogens is 536 g/mol. The lowest BCUT2D eigenvalue weighted by molar-refractivity contribution is -0.121. The smallest absolute Gasteiger partial charge is 0.266 e. The summed E-state index contributed by atoms with van der Waals surface area (Å²) in [6, 6.07) is 10.3. The molecule has 1 saturated heterocycles. The molecule has 166 valence electrons. The molecule has 32 heavy (non-hydrogen) atoms. The Bertz CT molecular complexity index is 1120. The summed E-state index contributed by atoms with van der Waals surface area (Å²) in [5.41, 5.74) is 1.30. The molecule has 0 aromatic heterocycles. The van der Waals surface area contributed by atoms with E-state index in [0.29, 0.717) is 38.0 Å². The molecule has 1 aliphatic heterocycles. The van der Waals surface area contributed by atoms with Gasteiger partial charge in [0.05, 0.1) is 17.0 Å². The second-order valence-corrected chi connectivity index (χ2v) is 9.39. The largest absolute Gasteiger partial charge is 0.493 e. The lowest BCUT2D eigenvalue weighted by atomic mass is 10.2. The van der Waals surface area contributed by atoms with Crippen LogP contribution in [0.25, 0.3) is 6.08 Å². The molecule has 1 N–H and O–H groups in total. The lowest BCUT2D eigenvalue weighted by Crippen LogP contribution is -2.27. The van der Waals surface area contributed by atoms with Crippen molar-refractivity contribution in [3.05, 3.63) is 69.0 Å². The molecular formula is C22H18BrClN2O4S2. The summed E-state index contributed by atoms with van der Waals surface area (Å²) >= 11 is 15.8. The van der Waals surface area contributed by atoms with Crippen molar-refractivity contribution in [2.45, 2.75) is 0 Å². The maximum absolute atomic E-state index is 12.5. The fourth-order valence-corrected chi connectivity index (χ4v) is 4.45. The zero-order valence-corrected chi connectivity index (χ0v) is 20.9. The van der Waals surface area contributed by atoms with E-state index in [-0.39, 0.29) is 18.4 Å². The van der Waals surface area contributed by atoms with Gasteiger partial charge in [0.25, 0.3) is 11.8 Å². The number of anilines is 1. The fourth-order valence-electron chi connectivity index (χ4n) is 2.75. The Morgan fingerprint density at radius 2 is 2.09 bits per heavy atom. The SMILES string of the molecule is C=CCN1C(=O)/C(=C/c2ccc(OCC(=O)Nc3ccc(Br)c(Cl)c3)c(OC)c2)SC1=S. The number of methoxy groups -OCH3 is 1. The van der Waals surface area contributed by atoms with E-state index in [1.54, 1.807) is 48.6 Å². The number of halogens is 2. The van der Waals surface area contributed by atoms with Crippen LogP contribution in [0.1, 0.15) is 5.56 Å². The first kappa shape index (κ1) is 24.3. The van der Waals surface area contributed by atoms with Gasteiger partial charge in [0.2, 0.25) is 0 Å². The number of thioether (sulfide) groups is 1. The van der Waals surface area contributed by atoms with Crippen molar-refractivity contribution in [3.63, 3.8) is 0 Å². The third-order valence-electron chi connectivity index (χ3n) is 4.23. The van der Waals surface area contributed by atoms with Crippen LogP contribution < -0.4 is 14.8 Å². The Balaban J connectivity index is 1.67. The van der Waals surface area contributed by atoms with Gasteiger partial charge in [-0.25, -0.2) is 0 Å². The average Bonchev–Trinajstić information content (AvgIpc) is 3.03. The molecule has 1 aliphatic rings. The molecule has 0 atom stereocenters. The monoisotopic (exact) mass is 552 g/mol. The summed E-state index contributed by atoms with van der Waals surface area (Å²) in [5.74, 6) is 0.317. The van der Waals surface area contributed by atoms with Crippen LogP contribution in [0.5, 0.6) is 11.5 Å². The molecule has 0 spiro atoms. The van der Waals surface area contributed by atoms with Crippen LogP contribution >= 0.6 is 51.5 Å². The zero-order chi connectivity index (χ0) is 23.3. The van der Waals surface area contributed by atoms with E-state index in [1.165, 1.54) is 23.8 Å². The van der Waals surface area contributed by atoms with Gasteiger partial charge in [-0.1, -0.05) is 47.7 Å². The number of carbonyl (C=O) groups is 2. The van der Waals surface area contributed by atoms with Gasteiger partial charge < -0.3 is 14.8 Å². The number of rotatable bonds is 8. The Morgan fingerprint density at radius 3 is 2.78 bits per heavy atom. The zero-order valence-electron chi connectivity index (χ0n) is 16.9. The van der Waals surface area contributed by atoms with Gasteiger partial charge in [-0.05, 0) is 57.9 Å². The molecule has 1 heterocycles. The number of nitrogens with zero attached hydrogens (tertiary/aromatic N) is 1. The quantitative estimate of drug-likeness (QED) is 0.264. The first-order valence-electron chi connectivity index (χ1n) is 9.24. The van der Waals surface area contributed by atoms with Crippen LogP contribution in [-0.2, 0) is 9.59 Å². The Labute approximate surface area is 208 Å². The van der Waals surface area contributed by atoms with Gasteiger partial charge in [0, 0.05) is 16.7 Å². The molecule has 0 bridgehead atoms. The van der Waals surface area contributed by atoms with Gasteiger partial charge in [0.15, 0.2) is 18.1 Å². The number of hydrogen-bond donors (Lipinski definition) is 1.